The normalized spacial score (nSPS) is 11.7. The van der Waals surface area contributed by atoms with E-state index in [0.717, 1.165) is 4.90 Å². The average molecular weight is 288 g/mol. The fraction of sp³-hybridized carbons (Fsp3) is 0.333. The summed E-state index contributed by atoms with van der Waals surface area (Å²) < 4.78 is 4.47. The van der Waals surface area contributed by atoms with Crippen LogP contribution in [0.3, 0.4) is 0 Å². The second kappa shape index (κ2) is 8.00. The quantitative estimate of drug-likeness (QED) is 0.644. The molecular weight excluding hydrogens is 274 g/mol. The van der Waals surface area contributed by atoms with Crippen LogP contribution >= 0.6 is 23.4 Å². The molecule has 0 saturated heterocycles. The molecule has 0 saturated carbocycles. The topological polar surface area (TPSA) is 55.4 Å². The summed E-state index contributed by atoms with van der Waals surface area (Å²) in [4.78, 5) is 23.7. The summed E-state index contributed by atoms with van der Waals surface area (Å²) in [5.41, 5.74) is 0. The van der Waals surface area contributed by atoms with E-state index in [-0.39, 0.29) is 11.7 Å². The van der Waals surface area contributed by atoms with Crippen molar-refractivity contribution >= 4 is 35.2 Å². The first kappa shape index (κ1) is 14.9. The van der Waals surface area contributed by atoms with Gasteiger partial charge in [0.1, 0.15) is 6.04 Å². The van der Waals surface area contributed by atoms with Crippen molar-refractivity contribution in [1.82, 2.24) is 5.32 Å². The van der Waals surface area contributed by atoms with E-state index in [1.165, 1.54) is 18.9 Å². The molecule has 1 aromatic carbocycles. The van der Waals surface area contributed by atoms with Crippen molar-refractivity contribution in [3.8, 4) is 0 Å². The zero-order valence-corrected chi connectivity index (χ0v) is 11.5. The van der Waals surface area contributed by atoms with Gasteiger partial charge in [-0.25, -0.2) is 4.79 Å². The summed E-state index contributed by atoms with van der Waals surface area (Å²) in [5.74, 6) is 0.0554. The number of hydrogen-bond acceptors (Lipinski definition) is 4. The van der Waals surface area contributed by atoms with Gasteiger partial charge in [0.25, 0.3) is 0 Å². The molecule has 1 aromatic rings. The number of carbonyl (C=O) groups excluding carboxylic acids is 2. The summed E-state index contributed by atoms with van der Waals surface area (Å²) in [6.45, 7) is 0. The van der Waals surface area contributed by atoms with Crippen LogP contribution in [0.1, 0.15) is 0 Å². The number of ether oxygens (including phenoxy) is 1. The molecule has 0 bridgehead atoms. The van der Waals surface area contributed by atoms with Gasteiger partial charge in [0, 0.05) is 10.6 Å². The van der Waals surface area contributed by atoms with Crippen LogP contribution in [0.25, 0.3) is 0 Å². The van der Waals surface area contributed by atoms with E-state index < -0.39 is 12.1 Å². The van der Waals surface area contributed by atoms with E-state index in [1.54, 1.807) is 0 Å². The minimum absolute atomic E-state index is 0.135. The highest BCUT2D eigenvalue weighted by Gasteiger charge is 2.20. The highest BCUT2D eigenvalue weighted by atomic mass is 35.5. The largest absolute Gasteiger partial charge is 0.453 e. The zero-order chi connectivity index (χ0) is 13.4. The van der Waals surface area contributed by atoms with Crippen LogP contribution in [-0.4, -0.2) is 36.7 Å². The molecule has 4 nitrogen and oxygen atoms in total. The molecule has 0 aromatic heterocycles. The second-order valence-corrected chi connectivity index (χ2v) is 4.77. The molecule has 1 atom stereocenters. The Bertz CT molecular complexity index is 400. The second-order valence-electron chi connectivity index (χ2n) is 3.41. The van der Waals surface area contributed by atoms with E-state index in [9.17, 15) is 9.59 Å². The number of benzene rings is 1. The third kappa shape index (κ3) is 4.98. The summed E-state index contributed by atoms with van der Waals surface area (Å²) in [7, 11) is 1.25. The molecule has 18 heavy (non-hydrogen) atoms. The number of alkyl carbamates (subject to hydrolysis) is 1. The summed E-state index contributed by atoms with van der Waals surface area (Å²) in [6, 6.07) is 8.97. The first-order chi connectivity index (χ1) is 8.67. The minimum atomic E-state index is -0.639. The first-order valence-corrected chi connectivity index (χ1v) is 6.80. The van der Waals surface area contributed by atoms with E-state index in [1.807, 2.05) is 30.3 Å². The van der Waals surface area contributed by atoms with Crippen LogP contribution < -0.4 is 5.32 Å². The molecule has 0 spiro atoms. The number of nitrogens with one attached hydrogen (secondary N) is 1. The van der Waals surface area contributed by atoms with Gasteiger partial charge < -0.3 is 10.1 Å². The molecule has 0 fully saturated rings. The van der Waals surface area contributed by atoms with E-state index in [4.69, 9.17) is 11.6 Å². The maximum absolute atomic E-state index is 11.6. The number of halogens is 1. The number of ketones is 1. The van der Waals surface area contributed by atoms with E-state index in [2.05, 4.69) is 10.1 Å². The molecule has 6 heteroatoms. The van der Waals surface area contributed by atoms with E-state index >= 15 is 0 Å². The molecule has 1 N–H and O–H groups in total. The maximum atomic E-state index is 11.6. The summed E-state index contributed by atoms with van der Waals surface area (Å²) in [6.07, 6.45) is -0.632. The van der Waals surface area contributed by atoms with Crippen molar-refractivity contribution in [3.63, 3.8) is 0 Å². The van der Waals surface area contributed by atoms with Crippen LogP contribution in [0.4, 0.5) is 4.79 Å². The molecule has 0 unspecified atom stereocenters. The van der Waals surface area contributed by atoms with Gasteiger partial charge in [-0.1, -0.05) is 18.2 Å². The third-order valence-electron chi connectivity index (χ3n) is 2.16. The predicted octanol–water partition coefficient (Wildman–Crippen LogP) is 2.31. The Morgan fingerprint density at radius 2 is 2.06 bits per heavy atom. The molecule has 0 aliphatic carbocycles. The minimum Gasteiger partial charge on any atom is -0.453 e. The average Bonchev–Trinajstić information content (AvgIpc) is 2.43. The molecule has 0 heterocycles. The number of amides is 1. The van der Waals surface area contributed by atoms with Crippen LogP contribution in [0.5, 0.6) is 0 Å². The fourth-order valence-corrected chi connectivity index (χ4v) is 2.37. The van der Waals surface area contributed by atoms with Crippen LogP contribution in [0.2, 0.25) is 0 Å². The van der Waals surface area contributed by atoms with Gasteiger partial charge in [0.05, 0.1) is 13.0 Å². The number of hydrogen-bond donors (Lipinski definition) is 1. The van der Waals surface area contributed by atoms with Crippen molar-refractivity contribution in [1.29, 1.82) is 0 Å². The Morgan fingerprint density at radius 1 is 1.39 bits per heavy atom. The van der Waals surface area contributed by atoms with Crippen molar-refractivity contribution in [2.75, 3.05) is 18.7 Å². The Morgan fingerprint density at radius 3 is 2.61 bits per heavy atom. The standard InChI is InChI=1S/C12H14ClNO3S/c1-17-12(16)14-10(11(15)7-13)8-18-9-5-3-2-4-6-9/h2-6,10H,7-8H2,1H3,(H,14,16)/t10-/m0/s1. The molecular formula is C12H14ClNO3S. The molecule has 0 radical (unpaired) electrons. The predicted molar refractivity (Wildman–Crippen MR) is 72.2 cm³/mol. The van der Waals surface area contributed by atoms with Crippen LogP contribution in [-0.2, 0) is 9.53 Å². The number of alkyl halides is 1. The SMILES string of the molecule is COC(=O)N[C@@H](CSc1ccccc1)C(=O)CCl. The lowest BCUT2D eigenvalue weighted by Gasteiger charge is -2.15. The van der Waals surface area contributed by atoms with Gasteiger partial charge in [0.15, 0.2) is 5.78 Å². The Balaban J connectivity index is 2.56. The number of thioether (sulfide) groups is 1. The lowest BCUT2D eigenvalue weighted by molar-refractivity contribution is -0.118. The fourth-order valence-electron chi connectivity index (χ4n) is 1.21. The molecule has 98 valence electrons. The summed E-state index contributed by atoms with van der Waals surface area (Å²) in [5, 5.41) is 2.47. The Labute approximate surface area is 115 Å². The van der Waals surface area contributed by atoms with Crippen LogP contribution in [0, 0.1) is 0 Å². The number of methoxy groups -OCH3 is 1. The van der Waals surface area contributed by atoms with Crippen molar-refractivity contribution in [2.45, 2.75) is 10.9 Å². The lowest BCUT2D eigenvalue weighted by atomic mass is 10.2. The van der Waals surface area contributed by atoms with Gasteiger partial charge in [-0.2, -0.15) is 0 Å². The number of carbonyl (C=O) groups is 2. The Kier molecular flexibility index (Phi) is 6.60. The lowest BCUT2D eigenvalue weighted by Crippen LogP contribution is -2.43. The van der Waals surface area contributed by atoms with Crippen molar-refractivity contribution in [2.24, 2.45) is 0 Å². The number of rotatable bonds is 6. The first-order valence-electron chi connectivity index (χ1n) is 5.28. The third-order valence-corrected chi connectivity index (χ3v) is 3.53. The maximum Gasteiger partial charge on any atom is 0.407 e. The van der Waals surface area contributed by atoms with Gasteiger partial charge in [-0.15, -0.1) is 23.4 Å². The van der Waals surface area contributed by atoms with Gasteiger partial charge >= 0.3 is 6.09 Å². The highest BCUT2D eigenvalue weighted by molar-refractivity contribution is 7.99. The van der Waals surface area contributed by atoms with E-state index in [0.29, 0.717) is 5.75 Å². The van der Waals surface area contributed by atoms with Crippen molar-refractivity contribution < 1.29 is 14.3 Å². The van der Waals surface area contributed by atoms with Crippen LogP contribution in [0.15, 0.2) is 35.2 Å². The smallest absolute Gasteiger partial charge is 0.407 e. The summed E-state index contributed by atoms with van der Waals surface area (Å²) >= 11 is 6.98. The molecule has 0 aliphatic rings. The molecule has 1 rings (SSSR count). The molecule has 0 aliphatic heterocycles. The molecule has 1 amide bonds. The van der Waals surface area contributed by atoms with Crippen molar-refractivity contribution in [3.05, 3.63) is 30.3 Å². The highest BCUT2D eigenvalue weighted by Crippen LogP contribution is 2.18. The monoisotopic (exact) mass is 287 g/mol. The Hall–Kier alpha value is -1.20. The van der Waals surface area contributed by atoms with Gasteiger partial charge in [-0.3, -0.25) is 4.79 Å². The number of Topliss-reactive ketones (excluding diaryl/α,β-unsaturated/α-hetero) is 1. The van der Waals surface area contributed by atoms with Gasteiger partial charge in [-0.05, 0) is 12.1 Å². The zero-order valence-electron chi connectivity index (χ0n) is 9.89. The van der Waals surface area contributed by atoms with Gasteiger partial charge in [0.2, 0.25) is 0 Å².